The molecule has 0 aliphatic rings. The zero-order valence-electron chi connectivity index (χ0n) is 13.8. The quantitative estimate of drug-likeness (QED) is 0.760. The summed E-state index contributed by atoms with van der Waals surface area (Å²) in [6.07, 6.45) is 4.85. The predicted octanol–water partition coefficient (Wildman–Crippen LogP) is 2.49. The molecule has 0 amide bonds. The number of aromatic amines is 1. The number of hydrogen-bond donors (Lipinski definition) is 1. The Morgan fingerprint density at radius 2 is 2.04 bits per heavy atom. The summed E-state index contributed by atoms with van der Waals surface area (Å²) in [6, 6.07) is 8.25. The largest absolute Gasteiger partial charge is 0.295 e. The highest BCUT2D eigenvalue weighted by Gasteiger charge is 2.08. The Balaban J connectivity index is 1.65. The molecule has 1 N–H and O–H groups in total. The van der Waals surface area contributed by atoms with Crippen LogP contribution in [0.15, 0.2) is 36.7 Å². The van der Waals surface area contributed by atoms with E-state index in [1.807, 2.05) is 23.0 Å². The van der Waals surface area contributed by atoms with E-state index in [1.54, 1.807) is 0 Å². The second kappa shape index (κ2) is 6.75. The molecule has 2 heterocycles. The maximum Gasteiger partial charge on any atom is 0.150 e. The molecule has 0 saturated carbocycles. The number of aryl methyl sites for hydroxylation is 2. The average molecular weight is 310 g/mol. The number of nitrogens with one attached hydrogen (secondary N) is 1. The maximum atomic E-state index is 4.48. The van der Waals surface area contributed by atoms with E-state index >= 15 is 0 Å². The first-order chi connectivity index (χ1) is 11.2. The number of aromatic nitrogens is 5. The molecule has 3 rings (SSSR count). The lowest BCUT2D eigenvalue weighted by Gasteiger charge is -2.13. The van der Waals surface area contributed by atoms with Gasteiger partial charge in [0.05, 0.1) is 18.4 Å². The van der Waals surface area contributed by atoms with E-state index < -0.39 is 0 Å². The van der Waals surface area contributed by atoms with Gasteiger partial charge in [-0.25, -0.2) is 9.67 Å². The van der Waals surface area contributed by atoms with Crippen molar-refractivity contribution in [1.82, 2.24) is 29.9 Å². The molecule has 0 bridgehead atoms. The van der Waals surface area contributed by atoms with Crippen LogP contribution in [0.25, 0.3) is 5.69 Å². The number of para-hydroxylation sites is 1. The van der Waals surface area contributed by atoms with Gasteiger partial charge >= 0.3 is 0 Å². The fourth-order valence-corrected chi connectivity index (χ4v) is 2.58. The summed E-state index contributed by atoms with van der Waals surface area (Å²) in [6.45, 7) is 5.70. The smallest absolute Gasteiger partial charge is 0.150 e. The van der Waals surface area contributed by atoms with E-state index in [1.165, 1.54) is 11.1 Å². The molecule has 0 saturated heterocycles. The van der Waals surface area contributed by atoms with Gasteiger partial charge in [0.25, 0.3) is 0 Å². The van der Waals surface area contributed by atoms with Crippen molar-refractivity contribution in [3.8, 4) is 5.69 Å². The van der Waals surface area contributed by atoms with Crippen LogP contribution in [0.2, 0.25) is 0 Å². The van der Waals surface area contributed by atoms with E-state index in [9.17, 15) is 0 Å². The first-order valence-electron chi connectivity index (χ1n) is 7.84. The van der Waals surface area contributed by atoms with E-state index in [2.05, 4.69) is 64.4 Å². The van der Waals surface area contributed by atoms with Gasteiger partial charge in [0, 0.05) is 24.7 Å². The van der Waals surface area contributed by atoms with Crippen LogP contribution in [0, 0.1) is 6.92 Å². The van der Waals surface area contributed by atoms with Gasteiger partial charge in [-0.3, -0.25) is 10.00 Å². The maximum absolute atomic E-state index is 4.48. The highest BCUT2D eigenvalue weighted by atomic mass is 15.3. The highest BCUT2D eigenvalue weighted by molar-refractivity contribution is 5.39. The summed E-state index contributed by atoms with van der Waals surface area (Å²) in [5, 5.41) is 11.6. The molecule has 120 valence electrons. The summed E-state index contributed by atoms with van der Waals surface area (Å²) in [5.74, 6) is 1.76. The lowest BCUT2D eigenvalue weighted by Crippen LogP contribution is -2.17. The van der Waals surface area contributed by atoms with Gasteiger partial charge in [-0.1, -0.05) is 25.1 Å². The lowest BCUT2D eigenvalue weighted by molar-refractivity contribution is 0.311. The van der Waals surface area contributed by atoms with Crippen molar-refractivity contribution in [2.24, 2.45) is 0 Å². The molecule has 1 aromatic carbocycles. The van der Waals surface area contributed by atoms with E-state index in [0.29, 0.717) is 0 Å². The zero-order chi connectivity index (χ0) is 16.2. The third kappa shape index (κ3) is 3.65. The van der Waals surface area contributed by atoms with Crippen LogP contribution in [0.4, 0.5) is 0 Å². The molecule has 2 aromatic heterocycles. The van der Waals surface area contributed by atoms with Gasteiger partial charge < -0.3 is 0 Å². The zero-order valence-corrected chi connectivity index (χ0v) is 13.8. The summed E-state index contributed by atoms with van der Waals surface area (Å²) >= 11 is 0. The lowest BCUT2D eigenvalue weighted by atomic mass is 10.2. The molecule has 0 unspecified atom stereocenters. The van der Waals surface area contributed by atoms with Crippen LogP contribution in [-0.4, -0.2) is 36.9 Å². The number of rotatable bonds is 6. The van der Waals surface area contributed by atoms with Crippen LogP contribution < -0.4 is 0 Å². The Morgan fingerprint density at radius 1 is 1.22 bits per heavy atom. The number of benzene rings is 1. The topological polar surface area (TPSA) is 62.6 Å². The second-order valence-corrected chi connectivity index (χ2v) is 5.80. The van der Waals surface area contributed by atoms with Crippen LogP contribution in [0.5, 0.6) is 0 Å². The molecule has 0 aliphatic heterocycles. The Kier molecular flexibility index (Phi) is 4.52. The molecule has 0 fully saturated rings. The Morgan fingerprint density at radius 3 is 2.78 bits per heavy atom. The molecule has 23 heavy (non-hydrogen) atoms. The molecule has 0 spiro atoms. The van der Waals surface area contributed by atoms with E-state index in [4.69, 9.17) is 0 Å². The van der Waals surface area contributed by atoms with Gasteiger partial charge in [-0.05, 0) is 25.6 Å². The molecule has 0 atom stereocenters. The average Bonchev–Trinajstić information content (AvgIpc) is 3.17. The second-order valence-electron chi connectivity index (χ2n) is 5.80. The van der Waals surface area contributed by atoms with Crippen molar-refractivity contribution >= 4 is 0 Å². The summed E-state index contributed by atoms with van der Waals surface area (Å²) in [7, 11) is 2.07. The van der Waals surface area contributed by atoms with Crippen molar-refractivity contribution in [1.29, 1.82) is 0 Å². The van der Waals surface area contributed by atoms with Crippen molar-refractivity contribution in [2.45, 2.75) is 33.4 Å². The normalized spacial score (nSPS) is 11.3. The summed E-state index contributed by atoms with van der Waals surface area (Å²) in [5.41, 5.74) is 3.50. The first-order valence-corrected chi connectivity index (χ1v) is 7.84. The summed E-state index contributed by atoms with van der Waals surface area (Å²) < 4.78 is 1.93. The third-order valence-electron chi connectivity index (χ3n) is 3.76. The number of H-pyrrole nitrogens is 1. The molecular formula is C17H22N6. The molecule has 0 aliphatic carbocycles. The van der Waals surface area contributed by atoms with Gasteiger partial charge in [0.1, 0.15) is 11.6 Å². The minimum absolute atomic E-state index is 0.739. The minimum Gasteiger partial charge on any atom is -0.295 e. The molecule has 6 heteroatoms. The fourth-order valence-electron chi connectivity index (χ4n) is 2.58. The van der Waals surface area contributed by atoms with Crippen molar-refractivity contribution in [3.05, 3.63) is 59.4 Å². The monoisotopic (exact) mass is 310 g/mol. The van der Waals surface area contributed by atoms with Crippen LogP contribution >= 0.6 is 0 Å². The van der Waals surface area contributed by atoms with Crippen LogP contribution in [0.3, 0.4) is 0 Å². The van der Waals surface area contributed by atoms with Crippen LogP contribution in [0.1, 0.15) is 29.7 Å². The Hall–Kier alpha value is -2.47. The first kappa shape index (κ1) is 15.4. The van der Waals surface area contributed by atoms with E-state index in [-0.39, 0.29) is 0 Å². The number of nitrogens with zero attached hydrogens (tertiary/aromatic N) is 5. The Bertz CT molecular complexity index is 773. The van der Waals surface area contributed by atoms with Crippen molar-refractivity contribution in [2.75, 3.05) is 7.05 Å². The van der Waals surface area contributed by atoms with E-state index in [0.717, 1.165) is 36.8 Å². The van der Waals surface area contributed by atoms with Crippen LogP contribution in [-0.2, 0) is 19.5 Å². The van der Waals surface area contributed by atoms with Gasteiger partial charge in [0.2, 0.25) is 0 Å². The molecule has 0 radical (unpaired) electrons. The predicted molar refractivity (Wildman–Crippen MR) is 89.2 cm³/mol. The van der Waals surface area contributed by atoms with Crippen molar-refractivity contribution in [3.63, 3.8) is 0 Å². The molecular weight excluding hydrogens is 288 g/mol. The summed E-state index contributed by atoms with van der Waals surface area (Å²) in [4.78, 5) is 6.64. The highest BCUT2D eigenvalue weighted by Crippen LogP contribution is 2.14. The van der Waals surface area contributed by atoms with Gasteiger partial charge in [-0.2, -0.15) is 10.2 Å². The molecule has 3 aromatic rings. The Labute approximate surface area is 136 Å². The minimum atomic E-state index is 0.739. The third-order valence-corrected chi connectivity index (χ3v) is 3.76. The standard InChI is InChI=1S/C17H22N6/c1-4-16-19-17(21-20-16)12-22(3)10-14-9-18-23(11-14)15-8-6-5-7-13(15)2/h5-9,11H,4,10,12H2,1-3H3,(H,19,20,21). The SMILES string of the molecule is CCc1n[nH]c(CN(C)Cc2cnn(-c3ccccc3C)c2)n1. The van der Waals surface area contributed by atoms with Gasteiger partial charge in [0.15, 0.2) is 0 Å². The van der Waals surface area contributed by atoms with Crippen molar-refractivity contribution < 1.29 is 0 Å². The fraction of sp³-hybridized carbons (Fsp3) is 0.353. The van der Waals surface area contributed by atoms with Gasteiger partial charge in [-0.15, -0.1) is 0 Å². The number of hydrogen-bond acceptors (Lipinski definition) is 4. The molecule has 6 nitrogen and oxygen atoms in total.